The average Bonchev–Trinajstić information content (AvgIpc) is 2.33. The molecule has 0 heterocycles. The van der Waals surface area contributed by atoms with Crippen molar-refractivity contribution in [2.45, 2.75) is 12.5 Å². The first-order valence-electron chi connectivity index (χ1n) is 5.34. The van der Waals surface area contributed by atoms with E-state index in [2.05, 4.69) is 5.32 Å². The Kier molecular flexibility index (Phi) is 5.27. The van der Waals surface area contributed by atoms with Crippen molar-refractivity contribution in [1.29, 1.82) is 0 Å². The molecule has 1 aromatic carbocycles. The van der Waals surface area contributed by atoms with Crippen LogP contribution in [0.5, 0.6) is 0 Å². The molecule has 0 saturated carbocycles. The van der Waals surface area contributed by atoms with Gasteiger partial charge in [0.05, 0.1) is 17.1 Å². The number of nitrogens with one attached hydrogen (secondary N) is 2. The number of primary amides is 1. The summed E-state index contributed by atoms with van der Waals surface area (Å²) in [5, 5.41) is 12.7. The second kappa shape index (κ2) is 6.71. The Morgan fingerprint density at radius 3 is 2.60 bits per heavy atom. The Morgan fingerprint density at radius 1 is 1.40 bits per heavy atom. The van der Waals surface area contributed by atoms with Crippen LogP contribution in [0.15, 0.2) is 18.2 Å². The maximum atomic E-state index is 13.5. The number of hydrogen-bond donors (Lipinski definition) is 4. The molecule has 0 spiro atoms. The van der Waals surface area contributed by atoms with Gasteiger partial charge < -0.3 is 21.5 Å². The summed E-state index contributed by atoms with van der Waals surface area (Å²) in [4.78, 5) is 33.0. The van der Waals surface area contributed by atoms with Gasteiger partial charge >= 0.3 is 12.0 Å². The Labute approximate surface area is 117 Å². The molecule has 0 unspecified atom stereocenters. The summed E-state index contributed by atoms with van der Waals surface area (Å²) in [6, 6.07) is 1.42. The standard InChI is InChI=1S/C11H11ClFN3O4/c12-5-2-1-3-6(9(5)13)15-11(20)16-7(10(18)19)4-8(14)17/h1-3,7H,4H2,(H2,14,17)(H,18,19)(H2,15,16,20)/t7-/m1/s1. The van der Waals surface area contributed by atoms with Gasteiger partial charge in [-0.05, 0) is 12.1 Å². The molecule has 0 saturated heterocycles. The Bertz CT molecular complexity index is 552. The van der Waals surface area contributed by atoms with Gasteiger partial charge in [0.1, 0.15) is 6.04 Å². The number of nitrogens with two attached hydrogens (primary N) is 1. The number of carboxylic acids is 1. The molecular formula is C11H11ClFN3O4. The van der Waals surface area contributed by atoms with Crippen LogP contribution in [0.3, 0.4) is 0 Å². The van der Waals surface area contributed by atoms with Crippen LogP contribution in [-0.2, 0) is 9.59 Å². The Hall–Kier alpha value is -2.35. The van der Waals surface area contributed by atoms with E-state index in [0.29, 0.717) is 0 Å². The highest BCUT2D eigenvalue weighted by atomic mass is 35.5. The van der Waals surface area contributed by atoms with E-state index in [-0.39, 0.29) is 10.7 Å². The van der Waals surface area contributed by atoms with E-state index < -0.39 is 36.2 Å². The van der Waals surface area contributed by atoms with Gasteiger partial charge in [0, 0.05) is 0 Å². The first-order chi connectivity index (χ1) is 9.31. The number of aliphatic carboxylic acids is 1. The van der Waals surface area contributed by atoms with Crippen LogP contribution >= 0.6 is 11.6 Å². The lowest BCUT2D eigenvalue weighted by molar-refractivity contribution is -0.140. The molecule has 108 valence electrons. The second-order valence-electron chi connectivity index (χ2n) is 3.76. The molecular weight excluding hydrogens is 293 g/mol. The van der Waals surface area contributed by atoms with E-state index in [1.54, 1.807) is 0 Å². The van der Waals surface area contributed by atoms with Crippen molar-refractivity contribution in [3.8, 4) is 0 Å². The van der Waals surface area contributed by atoms with Gasteiger partial charge in [0.25, 0.3) is 0 Å². The van der Waals surface area contributed by atoms with E-state index in [1.165, 1.54) is 18.2 Å². The molecule has 0 aliphatic heterocycles. The van der Waals surface area contributed by atoms with Crippen LogP contribution in [0.1, 0.15) is 6.42 Å². The first-order valence-corrected chi connectivity index (χ1v) is 5.71. The molecule has 0 aromatic heterocycles. The molecule has 5 N–H and O–H groups in total. The van der Waals surface area contributed by atoms with Crippen molar-refractivity contribution >= 4 is 35.2 Å². The number of rotatable bonds is 5. The summed E-state index contributed by atoms with van der Waals surface area (Å²) in [7, 11) is 0. The molecule has 0 radical (unpaired) electrons. The fourth-order valence-corrected chi connectivity index (χ4v) is 1.49. The molecule has 0 bridgehead atoms. The topological polar surface area (TPSA) is 122 Å². The third-order valence-corrected chi connectivity index (χ3v) is 2.50. The monoisotopic (exact) mass is 303 g/mol. The molecule has 0 aliphatic rings. The second-order valence-corrected chi connectivity index (χ2v) is 4.17. The van der Waals surface area contributed by atoms with E-state index in [1.807, 2.05) is 5.32 Å². The van der Waals surface area contributed by atoms with Gasteiger partial charge in [-0.2, -0.15) is 0 Å². The lowest BCUT2D eigenvalue weighted by Crippen LogP contribution is -2.45. The maximum Gasteiger partial charge on any atom is 0.326 e. The number of hydrogen-bond acceptors (Lipinski definition) is 3. The van der Waals surface area contributed by atoms with Gasteiger partial charge in [-0.3, -0.25) is 4.79 Å². The van der Waals surface area contributed by atoms with Gasteiger partial charge in [0.15, 0.2) is 5.82 Å². The van der Waals surface area contributed by atoms with Gasteiger partial charge in [-0.15, -0.1) is 0 Å². The van der Waals surface area contributed by atoms with Crippen molar-refractivity contribution in [3.63, 3.8) is 0 Å². The van der Waals surface area contributed by atoms with Crippen molar-refractivity contribution in [1.82, 2.24) is 5.32 Å². The fourth-order valence-electron chi connectivity index (χ4n) is 1.32. The molecule has 0 aliphatic carbocycles. The molecule has 3 amide bonds. The molecule has 1 aromatic rings. The number of anilines is 1. The van der Waals surface area contributed by atoms with Gasteiger partial charge in [0.2, 0.25) is 5.91 Å². The van der Waals surface area contributed by atoms with Crippen molar-refractivity contribution in [3.05, 3.63) is 29.0 Å². The Balaban J connectivity index is 2.73. The minimum Gasteiger partial charge on any atom is -0.480 e. The number of amides is 3. The van der Waals surface area contributed by atoms with Crippen LogP contribution in [-0.4, -0.2) is 29.1 Å². The SMILES string of the molecule is NC(=O)C[C@@H](NC(=O)Nc1cccc(Cl)c1F)C(=O)O. The number of carboxylic acid groups (broad SMARTS) is 1. The van der Waals surface area contributed by atoms with E-state index >= 15 is 0 Å². The normalized spacial score (nSPS) is 11.5. The quantitative estimate of drug-likeness (QED) is 0.646. The predicted octanol–water partition coefficient (Wildman–Crippen LogP) is 0.929. The largest absolute Gasteiger partial charge is 0.480 e. The number of carbonyl (C=O) groups excluding carboxylic acids is 2. The number of halogens is 2. The molecule has 0 fully saturated rings. The third-order valence-electron chi connectivity index (χ3n) is 2.21. The predicted molar refractivity (Wildman–Crippen MR) is 68.8 cm³/mol. The zero-order valence-electron chi connectivity index (χ0n) is 10.0. The lowest BCUT2D eigenvalue weighted by Gasteiger charge is -2.14. The third kappa shape index (κ3) is 4.39. The molecule has 1 rings (SSSR count). The minimum atomic E-state index is -1.50. The zero-order valence-corrected chi connectivity index (χ0v) is 10.8. The summed E-state index contributed by atoms with van der Waals surface area (Å²) in [6.07, 6.45) is -0.583. The summed E-state index contributed by atoms with van der Waals surface area (Å²) in [5.74, 6) is -3.19. The summed E-state index contributed by atoms with van der Waals surface area (Å²) < 4.78 is 13.5. The number of urea groups is 1. The first kappa shape index (κ1) is 15.7. The zero-order chi connectivity index (χ0) is 15.3. The van der Waals surface area contributed by atoms with Crippen LogP contribution < -0.4 is 16.4 Å². The number of carbonyl (C=O) groups is 3. The molecule has 7 nitrogen and oxygen atoms in total. The van der Waals surface area contributed by atoms with Crippen molar-refractivity contribution in [2.24, 2.45) is 5.73 Å². The lowest BCUT2D eigenvalue weighted by atomic mass is 10.2. The van der Waals surface area contributed by atoms with Gasteiger partial charge in [-0.25, -0.2) is 14.0 Å². The summed E-state index contributed by atoms with van der Waals surface area (Å²) >= 11 is 5.52. The van der Waals surface area contributed by atoms with Crippen molar-refractivity contribution < 1.29 is 23.9 Å². The summed E-state index contributed by atoms with van der Waals surface area (Å²) in [5.41, 5.74) is 4.63. The van der Waals surface area contributed by atoms with Crippen LogP contribution in [0, 0.1) is 5.82 Å². The number of benzene rings is 1. The van der Waals surface area contributed by atoms with Crippen molar-refractivity contribution in [2.75, 3.05) is 5.32 Å². The van der Waals surface area contributed by atoms with Crippen LogP contribution in [0.4, 0.5) is 14.9 Å². The van der Waals surface area contributed by atoms with Gasteiger partial charge in [-0.1, -0.05) is 17.7 Å². The van der Waals surface area contributed by atoms with Crippen LogP contribution in [0.25, 0.3) is 0 Å². The highest BCUT2D eigenvalue weighted by Gasteiger charge is 2.22. The van der Waals surface area contributed by atoms with Crippen LogP contribution in [0.2, 0.25) is 5.02 Å². The maximum absolute atomic E-state index is 13.5. The van der Waals surface area contributed by atoms with E-state index in [9.17, 15) is 18.8 Å². The average molecular weight is 304 g/mol. The smallest absolute Gasteiger partial charge is 0.326 e. The Morgan fingerprint density at radius 2 is 2.05 bits per heavy atom. The summed E-state index contributed by atoms with van der Waals surface area (Å²) in [6.45, 7) is 0. The minimum absolute atomic E-state index is 0.199. The van der Waals surface area contributed by atoms with E-state index in [4.69, 9.17) is 22.4 Å². The fraction of sp³-hybridized carbons (Fsp3) is 0.182. The molecule has 9 heteroatoms. The van der Waals surface area contributed by atoms with E-state index in [0.717, 1.165) is 0 Å². The highest BCUT2D eigenvalue weighted by Crippen LogP contribution is 2.21. The highest BCUT2D eigenvalue weighted by molar-refractivity contribution is 6.31. The molecule has 20 heavy (non-hydrogen) atoms. The molecule has 1 atom stereocenters.